The van der Waals surface area contributed by atoms with E-state index in [4.69, 9.17) is 10.5 Å². The lowest BCUT2D eigenvalue weighted by molar-refractivity contribution is 0.317. The Bertz CT molecular complexity index is 505. The Kier molecular flexibility index (Phi) is 3.72. The smallest absolute Gasteiger partial charge is 0.223 e. The van der Waals surface area contributed by atoms with Crippen LogP contribution in [0.4, 0.5) is 5.95 Å². The lowest BCUT2D eigenvalue weighted by atomic mass is 10.2. The summed E-state index contributed by atoms with van der Waals surface area (Å²) in [5.74, 6) is 2.29. The number of aromatic nitrogens is 3. The minimum Gasteiger partial charge on any atom is -0.494 e. The second kappa shape index (κ2) is 5.44. The Hall–Kier alpha value is -2.17. The van der Waals surface area contributed by atoms with E-state index in [1.54, 1.807) is 6.92 Å². The summed E-state index contributed by atoms with van der Waals surface area (Å²) < 4.78 is 5.52. The lowest BCUT2D eigenvalue weighted by Crippen LogP contribution is -2.02. The van der Waals surface area contributed by atoms with E-state index < -0.39 is 0 Å². The van der Waals surface area contributed by atoms with Crippen molar-refractivity contribution >= 4 is 5.95 Å². The quantitative estimate of drug-likeness (QED) is 0.892. The fourth-order valence-corrected chi connectivity index (χ4v) is 1.55. The van der Waals surface area contributed by atoms with Gasteiger partial charge in [-0.1, -0.05) is 6.92 Å². The van der Waals surface area contributed by atoms with E-state index in [0.29, 0.717) is 11.6 Å². The molecular weight excluding hydrogens is 228 g/mol. The summed E-state index contributed by atoms with van der Waals surface area (Å²) in [6.07, 6.45) is 0.991. The normalized spacial score (nSPS) is 10.3. The average molecular weight is 244 g/mol. The minimum atomic E-state index is 0.240. The van der Waals surface area contributed by atoms with Gasteiger partial charge in [-0.2, -0.15) is 9.97 Å². The van der Waals surface area contributed by atoms with Crippen LogP contribution in [0.25, 0.3) is 11.4 Å². The zero-order valence-corrected chi connectivity index (χ0v) is 10.6. The van der Waals surface area contributed by atoms with Gasteiger partial charge in [-0.25, -0.2) is 4.98 Å². The third-order valence-corrected chi connectivity index (χ3v) is 2.35. The molecule has 0 aliphatic heterocycles. The molecule has 0 unspecified atom stereocenters. The molecule has 0 bridgehead atoms. The van der Waals surface area contributed by atoms with Gasteiger partial charge in [0.1, 0.15) is 11.6 Å². The first-order valence-electron chi connectivity index (χ1n) is 5.90. The molecule has 0 atom stereocenters. The second-order valence-corrected chi connectivity index (χ2v) is 3.94. The molecule has 2 rings (SSSR count). The van der Waals surface area contributed by atoms with Crippen molar-refractivity contribution in [2.75, 3.05) is 12.3 Å². The lowest BCUT2D eigenvalue weighted by Gasteiger charge is -2.06. The number of ether oxygens (including phenoxy) is 1. The van der Waals surface area contributed by atoms with Crippen LogP contribution in [-0.4, -0.2) is 21.6 Å². The van der Waals surface area contributed by atoms with E-state index in [2.05, 4.69) is 21.9 Å². The largest absolute Gasteiger partial charge is 0.494 e. The van der Waals surface area contributed by atoms with Crippen LogP contribution in [0, 0.1) is 6.92 Å². The molecule has 5 heteroatoms. The number of hydrogen-bond donors (Lipinski definition) is 1. The van der Waals surface area contributed by atoms with E-state index >= 15 is 0 Å². The van der Waals surface area contributed by atoms with E-state index in [0.717, 1.165) is 24.3 Å². The van der Waals surface area contributed by atoms with Gasteiger partial charge >= 0.3 is 0 Å². The zero-order valence-electron chi connectivity index (χ0n) is 10.6. The van der Waals surface area contributed by atoms with Gasteiger partial charge in [-0.05, 0) is 37.6 Å². The molecule has 0 amide bonds. The fourth-order valence-electron chi connectivity index (χ4n) is 1.55. The third kappa shape index (κ3) is 2.94. The maximum Gasteiger partial charge on any atom is 0.223 e. The molecule has 94 valence electrons. The SMILES string of the molecule is CCCOc1ccc(-c2nc(C)nc(N)n2)cc1. The Labute approximate surface area is 106 Å². The predicted molar refractivity (Wildman–Crippen MR) is 70.2 cm³/mol. The number of anilines is 1. The Morgan fingerprint density at radius 2 is 1.83 bits per heavy atom. The summed E-state index contributed by atoms with van der Waals surface area (Å²) in [6.45, 7) is 4.59. The summed E-state index contributed by atoms with van der Waals surface area (Å²) in [5.41, 5.74) is 6.50. The van der Waals surface area contributed by atoms with Crippen molar-refractivity contribution in [3.8, 4) is 17.1 Å². The number of nitrogens with zero attached hydrogens (tertiary/aromatic N) is 3. The van der Waals surface area contributed by atoms with Gasteiger partial charge in [0.15, 0.2) is 5.82 Å². The molecular formula is C13H16N4O. The highest BCUT2D eigenvalue weighted by Gasteiger charge is 2.04. The van der Waals surface area contributed by atoms with Crippen LogP contribution in [0.5, 0.6) is 5.75 Å². The number of aryl methyl sites for hydroxylation is 1. The highest BCUT2D eigenvalue weighted by Crippen LogP contribution is 2.19. The molecule has 0 aliphatic carbocycles. The third-order valence-electron chi connectivity index (χ3n) is 2.35. The highest BCUT2D eigenvalue weighted by atomic mass is 16.5. The van der Waals surface area contributed by atoms with E-state index in [9.17, 15) is 0 Å². The van der Waals surface area contributed by atoms with Crippen LogP contribution in [0.1, 0.15) is 19.2 Å². The fraction of sp³-hybridized carbons (Fsp3) is 0.308. The molecule has 0 saturated carbocycles. The molecule has 1 aromatic heterocycles. The van der Waals surface area contributed by atoms with E-state index in [1.165, 1.54) is 0 Å². The van der Waals surface area contributed by atoms with E-state index in [-0.39, 0.29) is 5.95 Å². The highest BCUT2D eigenvalue weighted by molar-refractivity contribution is 5.57. The van der Waals surface area contributed by atoms with Crippen molar-refractivity contribution in [3.63, 3.8) is 0 Å². The summed E-state index contributed by atoms with van der Waals surface area (Å²) in [7, 11) is 0. The van der Waals surface area contributed by atoms with Gasteiger partial charge in [0, 0.05) is 5.56 Å². The molecule has 1 aromatic carbocycles. The first-order chi connectivity index (χ1) is 8.69. The van der Waals surface area contributed by atoms with Crippen molar-refractivity contribution in [2.45, 2.75) is 20.3 Å². The molecule has 1 heterocycles. The molecule has 2 aromatic rings. The monoisotopic (exact) mass is 244 g/mol. The van der Waals surface area contributed by atoms with Gasteiger partial charge in [-0.15, -0.1) is 0 Å². The van der Waals surface area contributed by atoms with Gasteiger partial charge in [0.25, 0.3) is 0 Å². The first-order valence-corrected chi connectivity index (χ1v) is 5.90. The molecule has 0 spiro atoms. The molecule has 0 fully saturated rings. The van der Waals surface area contributed by atoms with Crippen LogP contribution < -0.4 is 10.5 Å². The second-order valence-electron chi connectivity index (χ2n) is 3.94. The van der Waals surface area contributed by atoms with Crippen LogP contribution in [0.15, 0.2) is 24.3 Å². The number of benzene rings is 1. The Balaban J connectivity index is 2.23. The van der Waals surface area contributed by atoms with Crippen molar-refractivity contribution < 1.29 is 4.74 Å². The number of nitrogens with two attached hydrogens (primary N) is 1. The van der Waals surface area contributed by atoms with Gasteiger partial charge in [0.05, 0.1) is 6.61 Å². The van der Waals surface area contributed by atoms with Gasteiger partial charge in [0.2, 0.25) is 5.95 Å². The Morgan fingerprint density at radius 3 is 2.44 bits per heavy atom. The summed E-state index contributed by atoms with van der Waals surface area (Å²) >= 11 is 0. The zero-order chi connectivity index (χ0) is 13.0. The molecule has 0 aliphatic rings. The first kappa shape index (κ1) is 12.3. The maximum absolute atomic E-state index is 5.61. The van der Waals surface area contributed by atoms with Crippen molar-refractivity contribution in [3.05, 3.63) is 30.1 Å². The average Bonchev–Trinajstić information content (AvgIpc) is 2.36. The van der Waals surface area contributed by atoms with Gasteiger partial charge in [-0.3, -0.25) is 0 Å². The summed E-state index contributed by atoms with van der Waals surface area (Å²) in [5, 5.41) is 0. The number of nitrogen functional groups attached to an aromatic ring is 1. The van der Waals surface area contributed by atoms with Crippen molar-refractivity contribution in [2.24, 2.45) is 0 Å². The molecule has 2 N–H and O–H groups in total. The maximum atomic E-state index is 5.61. The van der Waals surface area contributed by atoms with Crippen LogP contribution in [0.3, 0.4) is 0 Å². The molecule has 0 radical (unpaired) electrons. The topological polar surface area (TPSA) is 73.9 Å². The summed E-state index contributed by atoms with van der Waals surface area (Å²) in [4.78, 5) is 12.3. The predicted octanol–water partition coefficient (Wildman–Crippen LogP) is 2.22. The van der Waals surface area contributed by atoms with Crippen molar-refractivity contribution in [1.29, 1.82) is 0 Å². The van der Waals surface area contributed by atoms with Crippen LogP contribution in [0.2, 0.25) is 0 Å². The Morgan fingerprint density at radius 1 is 1.11 bits per heavy atom. The van der Waals surface area contributed by atoms with Crippen LogP contribution >= 0.6 is 0 Å². The molecule has 18 heavy (non-hydrogen) atoms. The van der Waals surface area contributed by atoms with Gasteiger partial charge < -0.3 is 10.5 Å². The van der Waals surface area contributed by atoms with Crippen LogP contribution in [-0.2, 0) is 0 Å². The number of rotatable bonds is 4. The summed E-state index contributed by atoms with van der Waals surface area (Å²) in [6, 6.07) is 7.64. The number of hydrogen-bond acceptors (Lipinski definition) is 5. The van der Waals surface area contributed by atoms with E-state index in [1.807, 2.05) is 24.3 Å². The molecule has 5 nitrogen and oxygen atoms in total. The minimum absolute atomic E-state index is 0.240. The standard InChI is InChI=1S/C13H16N4O/c1-3-8-18-11-6-4-10(5-7-11)12-15-9(2)16-13(14)17-12/h4-7H,3,8H2,1-2H3,(H2,14,15,16,17). The van der Waals surface area contributed by atoms with Crippen molar-refractivity contribution in [1.82, 2.24) is 15.0 Å². The molecule has 0 saturated heterocycles.